The molecular formula is C17H17ClN2O3. The number of rotatable bonds is 3. The summed E-state index contributed by atoms with van der Waals surface area (Å²) in [6, 6.07) is 11.0. The van der Waals surface area contributed by atoms with Gasteiger partial charge in [0.15, 0.2) is 11.5 Å². The largest absolute Gasteiger partial charge is 0.504 e. The van der Waals surface area contributed by atoms with Crippen LogP contribution in [0.1, 0.15) is 5.56 Å². The van der Waals surface area contributed by atoms with E-state index in [1.54, 1.807) is 12.1 Å². The summed E-state index contributed by atoms with van der Waals surface area (Å²) in [5.74, 6) is 0.157. The number of carbonyl (C=O) groups is 1. The molecule has 0 atom stereocenters. The summed E-state index contributed by atoms with van der Waals surface area (Å²) < 4.78 is 5.64. The fourth-order valence-corrected chi connectivity index (χ4v) is 2.93. The molecular weight excluding hydrogens is 316 g/mol. The molecule has 6 heteroatoms. The maximum absolute atomic E-state index is 11.2. The second-order valence-corrected chi connectivity index (χ2v) is 5.96. The minimum absolute atomic E-state index is 0.0819. The van der Waals surface area contributed by atoms with Crippen LogP contribution in [0.4, 0.5) is 0 Å². The number of phenolic OH excluding ortho intramolecular Hbond substituents is 1. The molecule has 0 aromatic heterocycles. The van der Waals surface area contributed by atoms with Crippen LogP contribution in [0.15, 0.2) is 36.4 Å². The molecule has 1 amide bonds. The monoisotopic (exact) mass is 332 g/mol. The summed E-state index contributed by atoms with van der Waals surface area (Å²) in [6.45, 7) is 1.61. The van der Waals surface area contributed by atoms with Crippen molar-refractivity contribution in [2.24, 2.45) is 5.73 Å². The molecule has 23 heavy (non-hydrogen) atoms. The molecule has 0 saturated heterocycles. The summed E-state index contributed by atoms with van der Waals surface area (Å²) in [4.78, 5) is 13.1. The molecule has 2 aromatic carbocycles. The summed E-state index contributed by atoms with van der Waals surface area (Å²) in [7, 11) is 0. The minimum Gasteiger partial charge on any atom is -0.504 e. The van der Waals surface area contributed by atoms with Crippen molar-refractivity contribution in [3.8, 4) is 22.6 Å². The zero-order chi connectivity index (χ0) is 16.4. The van der Waals surface area contributed by atoms with E-state index in [-0.39, 0.29) is 18.2 Å². The lowest BCUT2D eigenvalue weighted by atomic mass is 10.0. The lowest BCUT2D eigenvalue weighted by Gasteiger charge is -2.17. The molecule has 1 aliphatic heterocycles. The second-order valence-electron chi connectivity index (χ2n) is 5.52. The van der Waals surface area contributed by atoms with Crippen molar-refractivity contribution < 1.29 is 14.6 Å². The third-order valence-corrected chi connectivity index (χ3v) is 3.97. The smallest absolute Gasteiger partial charge is 0.231 e. The number of phenols is 1. The quantitative estimate of drug-likeness (QED) is 0.905. The minimum atomic E-state index is -0.385. The van der Waals surface area contributed by atoms with E-state index in [4.69, 9.17) is 22.1 Å². The predicted octanol–water partition coefficient (Wildman–Crippen LogP) is 2.39. The van der Waals surface area contributed by atoms with Crippen LogP contribution in [0.5, 0.6) is 11.5 Å². The Morgan fingerprint density at radius 2 is 2.13 bits per heavy atom. The zero-order valence-corrected chi connectivity index (χ0v) is 13.2. The second kappa shape index (κ2) is 6.48. The van der Waals surface area contributed by atoms with Gasteiger partial charge in [0.25, 0.3) is 0 Å². The average molecular weight is 333 g/mol. The molecule has 0 bridgehead atoms. The normalized spacial score (nSPS) is 14.7. The first-order valence-corrected chi connectivity index (χ1v) is 7.66. The first-order chi connectivity index (χ1) is 11.0. The summed E-state index contributed by atoms with van der Waals surface area (Å²) >= 11 is 6.04. The van der Waals surface area contributed by atoms with Crippen LogP contribution in [-0.2, 0) is 11.3 Å². The van der Waals surface area contributed by atoms with Gasteiger partial charge in [-0.05, 0) is 35.4 Å². The van der Waals surface area contributed by atoms with E-state index in [0.29, 0.717) is 30.5 Å². The van der Waals surface area contributed by atoms with E-state index in [1.807, 2.05) is 29.2 Å². The summed E-state index contributed by atoms with van der Waals surface area (Å²) in [5, 5.41) is 10.9. The van der Waals surface area contributed by atoms with Crippen molar-refractivity contribution in [2.75, 3.05) is 19.7 Å². The van der Waals surface area contributed by atoms with Gasteiger partial charge in [-0.25, -0.2) is 0 Å². The number of hydrogen-bond donors (Lipinski definition) is 2. The van der Waals surface area contributed by atoms with Crippen LogP contribution in [-0.4, -0.2) is 35.6 Å². The van der Waals surface area contributed by atoms with Crippen LogP contribution < -0.4 is 10.5 Å². The van der Waals surface area contributed by atoms with E-state index in [1.165, 1.54) is 0 Å². The Morgan fingerprint density at radius 3 is 2.87 bits per heavy atom. The Kier molecular flexibility index (Phi) is 4.41. The number of ether oxygens (including phenoxy) is 1. The van der Waals surface area contributed by atoms with Crippen molar-refractivity contribution in [2.45, 2.75) is 6.54 Å². The summed E-state index contributed by atoms with van der Waals surface area (Å²) in [5.41, 5.74) is 7.84. The van der Waals surface area contributed by atoms with E-state index >= 15 is 0 Å². The van der Waals surface area contributed by atoms with Gasteiger partial charge in [0.2, 0.25) is 5.91 Å². The van der Waals surface area contributed by atoms with Gasteiger partial charge in [-0.1, -0.05) is 23.7 Å². The van der Waals surface area contributed by atoms with Gasteiger partial charge >= 0.3 is 0 Å². The third-order valence-electron chi connectivity index (χ3n) is 3.73. The van der Waals surface area contributed by atoms with Crippen molar-refractivity contribution in [3.63, 3.8) is 0 Å². The number of carbonyl (C=O) groups excluding carboxylic acids is 1. The fourth-order valence-electron chi connectivity index (χ4n) is 2.74. The first-order valence-electron chi connectivity index (χ1n) is 7.28. The number of amides is 1. The van der Waals surface area contributed by atoms with Crippen molar-refractivity contribution >= 4 is 17.5 Å². The molecule has 0 radical (unpaired) electrons. The van der Waals surface area contributed by atoms with Crippen molar-refractivity contribution in [1.29, 1.82) is 0 Å². The fraction of sp³-hybridized carbons (Fsp3) is 0.235. The molecule has 3 N–H and O–H groups in total. The molecule has 0 saturated carbocycles. The van der Waals surface area contributed by atoms with E-state index in [2.05, 4.69) is 0 Å². The van der Waals surface area contributed by atoms with E-state index in [0.717, 1.165) is 16.7 Å². The van der Waals surface area contributed by atoms with Crippen LogP contribution in [0, 0.1) is 0 Å². The molecule has 5 nitrogen and oxygen atoms in total. The number of nitrogens with two attached hydrogens (primary N) is 1. The molecule has 0 aliphatic carbocycles. The van der Waals surface area contributed by atoms with Crippen LogP contribution in [0.25, 0.3) is 11.1 Å². The molecule has 0 unspecified atom stereocenters. The zero-order valence-electron chi connectivity index (χ0n) is 12.5. The van der Waals surface area contributed by atoms with Crippen LogP contribution >= 0.6 is 11.6 Å². The third kappa shape index (κ3) is 3.57. The molecule has 1 heterocycles. The van der Waals surface area contributed by atoms with E-state index < -0.39 is 0 Å². The Morgan fingerprint density at radius 1 is 1.30 bits per heavy atom. The SMILES string of the molecule is NC(=O)CN1CCOc2c(O)cc(-c3cccc(Cl)c3)cc2C1. The van der Waals surface area contributed by atoms with Gasteiger partial charge in [-0.15, -0.1) is 0 Å². The Hall–Kier alpha value is -2.24. The number of nitrogens with zero attached hydrogens (tertiary/aromatic N) is 1. The van der Waals surface area contributed by atoms with Gasteiger partial charge in [0.1, 0.15) is 6.61 Å². The highest BCUT2D eigenvalue weighted by Gasteiger charge is 2.20. The first kappa shape index (κ1) is 15.6. The lowest BCUT2D eigenvalue weighted by molar-refractivity contribution is -0.119. The predicted molar refractivity (Wildman–Crippen MR) is 88.5 cm³/mol. The highest BCUT2D eigenvalue weighted by atomic mass is 35.5. The van der Waals surface area contributed by atoms with Crippen LogP contribution in [0.3, 0.4) is 0 Å². The van der Waals surface area contributed by atoms with Crippen LogP contribution in [0.2, 0.25) is 5.02 Å². The highest BCUT2D eigenvalue weighted by Crippen LogP contribution is 2.37. The van der Waals surface area contributed by atoms with Crippen molar-refractivity contribution in [3.05, 3.63) is 47.0 Å². The standard InChI is InChI=1S/C17H17ClN2O3/c18-14-3-1-2-11(7-14)12-6-13-9-20(10-16(19)22)4-5-23-17(13)15(21)8-12/h1-3,6-8,21H,4-5,9-10H2,(H2,19,22). The molecule has 120 valence electrons. The molecule has 1 aliphatic rings. The maximum Gasteiger partial charge on any atom is 0.231 e. The Balaban J connectivity index is 1.99. The number of hydrogen-bond acceptors (Lipinski definition) is 4. The van der Waals surface area contributed by atoms with Gasteiger partial charge < -0.3 is 15.6 Å². The molecule has 0 fully saturated rings. The molecule has 3 rings (SSSR count). The Bertz CT molecular complexity index is 749. The molecule has 2 aromatic rings. The van der Waals surface area contributed by atoms with Crippen molar-refractivity contribution in [1.82, 2.24) is 4.90 Å². The number of halogens is 1. The summed E-state index contributed by atoms with van der Waals surface area (Å²) in [6.07, 6.45) is 0. The number of aromatic hydroxyl groups is 1. The Labute approximate surface area is 139 Å². The van der Waals surface area contributed by atoms with Gasteiger partial charge in [-0.2, -0.15) is 0 Å². The average Bonchev–Trinajstić information content (AvgIpc) is 2.68. The van der Waals surface area contributed by atoms with E-state index in [9.17, 15) is 9.90 Å². The number of primary amides is 1. The maximum atomic E-state index is 11.2. The van der Waals surface area contributed by atoms with Gasteiger partial charge in [0, 0.05) is 23.7 Å². The lowest BCUT2D eigenvalue weighted by Crippen LogP contribution is -2.34. The molecule has 0 spiro atoms. The number of benzene rings is 2. The topological polar surface area (TPSA) is 75.8 Å². The highest BCUT2D eigenvalue weighted by molar-refractivity contribution is 6.30. The van der Waals surface area contributed by atoms with Gasteiger partial charge in [0.05, 0.1) is 6.54 Å². The van der Waals surface area contributed by atoms with Gasteiger partial charge in [-0.3, -0.25) is 9.69 Å². The number of fused-ring (bicyclic) bond motifs is 1.